The molecule has 2 aliphatic heterocycles. The summed E-state index contributed by atoms with van der Waals surface area (Å²) in [6.07, 6.45) is -3.58. The third-order valence-corrected chi connectivity index (χ3v) is 8.58. The summed E-state index contributed by atoms with van der Waals surface area (Å²) in [6.45, 7) is 4.03. The van der Waals surface area contributed by atoms with Crippen LogP contribution in [0.2, 0.25) is 0 Å². The highest BCUT2D eigenvalue weighted by Gasteiger charge is 2.58. The minimum atomic E-state index is -5.02. The lowest BCUT2D eigenvalue weighted by molar-refractivity contribution is -0.146. The maximum Gasteiger partial charge on any atom is 0.416 e. The molecule has 0 bridgehead atoms. The van der Waals surface area contributed by atoms with Gasteiger partial charge in [-0.2, -0.15) is 18.4 Å². The van der Waals surface area contributed by atoms with Gasteiger partial charge in [0.25, 0.3) is 5.92 Å². The van der Waals surface area contributed by atoms with Crippen LogP contribution in [-0.4, -0.2) is 65.9 Å². The minimum Gasteiger partial charge on any atom is -0.336 e. The summed E-state index contributed by atoms with van der Waals surface area (Å²) in [6, 6.07) is 3.67. The number of piperazine rings is 1. The lowest BCUT2D eigenvalue weighted by Crippen LogP contribution is -2.50. The van der Waals surface area contributed by atoms with Crippen LogP contribution in [0.5, 0.6) is 0 Å². The van der Waals surface area contributed by atoms with Crippen molar-refractivity contribution in [3.8, 4) is 6.07 Å². The number of rotatable bonds is 7. The monoisotopic (exact) mass is 625 g/mol. The average Bonchev–Trinajstić information content (AvgIpc) is 3.79. The summed E-state index contributed by atoms with van der Waals surface area (Å²) >= 11 is 0. The number of nitriles is 1. The maximum atomic E-state index is 16.0. The van der Waals surface area contributed by atoms with Crippen LogP contribution in [0.15, 0.2) is 18.2 Å². The molecule has 1 unspecified atom stereocenters. The molecule has 4 aliphatic rings. The molecule has 2 amide bonds. The van der Waals surface area contributed by atoms with Crippen molar-refractivity contribution >= 4 is 36.6 Å². The van der Waals surface area contributed by atoms with E-state index < -0.39 is 70.9 Å². The normalized spacial score (nSPS) is 24.9. The third kappa shape index (κ3) is 6.74. The van der Waals surface area contributed by atoms with Crippen LogP contribution in [0.25, 0.3) is 0 Å². The molecule has 2 atom stereocenters. The number of nitrogens with one attached hydrogen (secondary N) is 2. The van der Waals surface area contributed by atoms with Crippen molar-refractivity contribution in [2.45, 2.75) is 69.3 Å². The molecule has 41 heavy (non-hydrogen) atoms. The molecular formula is C27H34Cl2F5N5O2. The zero-order chi connectivity index (χ0) is 28.2. The van der Waals surface area contributed by atoms with Crippen molar-refractivity contribution in [2.75, 3.05) is 32.7 Å². The molecule has 4 fully saturated rings. The molecule has 1 aromatic rings. The Morgan fingerprint density at radius 1 is 1.07 bits per heavy atom. The van der Waals surface area contributed by atoms with Gasteiger partial charge >= 0.3 is 6.18 Å². The minimum absolute atomic E-state index is 0. The summed E-state index contributed by atoms with van der Waals surface area (Å²) in [5.74, 6) is -6.82. The molecule has 2 aliphatic carbocycles. The van der Waals surface area contributed by atoms with Gasteiger partial charge in [-0.3, -0.25) is 14.5 Å². The van der Waals surface area contributed by atoms with E-state index in [1.165, 1.54) is 6.07 Å². The molecule has 2 saturated heterocycles. The second kappa shape index (κ2) is 11.8. The molecule has 0 radical (unpaired) electrons. The van der Waals surface area contributed by atoms with Crippen molar-refractivity contribution < 1.29 is 31.5 Å². The Bertz CT molecular complexity index is 1190. The molecule has 1 aromatic carbocycles. The van der Waals surface area contributed by atoms with Gasteiger partial charge in [0.15, 0.2) is 0 Å². The third-order valence-electron chi connectivity index (χ3n) is 8.58. The van der Waals surface area contributed by atoms with Crippen molar-refractivity contribution in [2.24, 2.45) is 11.3 Å². The number of nitrogens with zero attached hydrogens (tertiary/aromatic N) is 3. The molecular weight excluding hydrogens is 592 g/mol. The fourth-order valence-electron chi connectivity index (χ4n) is 5.59. The lowest BCUT2D eigenvalue weighted by atomic mass is 9.88. The lowest BCUT2D eigenvalue weighted by Gasteiger charge is -2.29. The fraction of sp³-hybridized carbons (Fsp3) is 0.667. The maximum absolute atomic E-state index is 16.0. The van der Waals surface area contributed by atoms with Gasteiger partial charge in [0, 0.05) is 56.2 Å². The van der Waals surface area contributed by atoms with Crippen LogP contribution in [0, 0.1) is 22.7 Å². The van der Waals surface area contributed by atoms with Gasteiger partial charge < -0.3 is 15.5 Å². The second-order valence-electron chi connectivity index (χ2n) is 11.7. The Kier molecular flexibility index (Phi) is 9.60. The van der Waals surface area contributed by atoms with E-state index >= 15 is 8.78 Å². The predicted octanol–water partition coefficient (Wildman–Crippen LogP) is 4.24. The SMILES string of the molecule is CC1(C(=O)N2CC(C(F)(F)c3ccc(CN4CCNCC4)cc3C(F)(F)F)C[C@H]2C(=O)NC2(C#N)CC2)CC1.Cl.Cl. The molecule has 228 valence electrons. The van der Waals surface area contributed by atoms with E-state index in [1.807, 2.05) is 11.0 Å². The second-order valence-corrected chi connectivity index (χ2v) is 11.7. The summed E-state index contributed by atoms with van der Waals surface area (Å²) < 4.78 is 74.3. The predicted molar refractivity (Wildman–Crippen MR) is 145 cm³/mol. The van der Waals surface area contributed by atoms with E-state index in [4.69, 9.17) is 0 Å². The van der Waals surface area contributed by atoms with E-state index in [-0.39, 0.29) is 36.9 Å². The van der Waals surface area contributed by atoms with Crippen molar-refractivity contribution in [1.82, 2.24) is 20.4 Å². The van der Waals surface area contributed by atoms with Crippen LogP contribution in [0.4, 0.5) is 22.0 Å². The summed E-state index contributed by atoms with van der Waals surface area (Å²) in [5.41, 5.74) is -4.10. The Hall–Kier alpha value is -2.20. The molecule has 2 saturated carbocycles. The Balaban J connectivity index is 0.00000231. The van der Waals surface area contributed by atoms with Crippen molar-refractivity contribution in [3.05, 3.63) is 34.9 Å². The number of hydrogen-bond donors (Lipinski definition) is 2. The number of amides is 2. The van der Waals surface area contributed by atoms with Crippen LogP contribution in [-0.2, 0) is 28.2 Å². The van der Waals surface area contributed by atoms with E-state index in [2.05, 4.69) is 10.6 Å². The number of halogens is 7. The molecule has 7 nitrogen and oxygen atoms in total. The molecule has 5 rings (SSSR count). The molecule has 0 spiro atoms. The first-order chi connectivity index (χ1) is 18.3. The van der Waals surface area contributed by atoms with E-state index in [0.717, 1.165) is 17.0 Å². The van der Waals surface area contributed by atoms with Gasteiger partial charge in [0.2, 0.25) is 11.8 Å². The van der Waals surface area contributed by atoms with E-state index in [1.54, 1.807) is 6.92 Å². The number of hydrogen-bond acceptors (Lipinski definition) is 5. The van der Waals surface area contributed by atoms with Gasteiger partial charge in [-0.15, -0.1) is 24.8 Å². The van der Waals surface area contributed by atoms with Crippen molar-refractivity contribution in [1.29, 1.82) is 5.26 Å². The number of benzene rings is 1. The Morgan fingerprint density at radius 2 is 1.71 bits per heavy atom. The zero-order valence-corrected chi connectivity index (χ0v) is 24.2. The number of carbonyl (C=O) groups is 2. The van der Waals surface area contributed by atoms with Gasteiger partial charge in [0.05, 0.1) is 11.6 Å². The Morgan fingerprint density at radius 3 is 2.24 bits per heavy atom. The fourth-order valence-corrected chi connectivity index (χ4v) is 5.59. The largest absolute Gasteiger partial charge is 0.416 e. The molecule has 2 heterocycles. The summed E-state index contributed by atoms with van der Waals surface area (Å²) in [4.78, 5) is 29.4. The Labute approximate surface area is 248 Å². The quantitative estimate of drug-likeness (QED) is 0.443. The van der Waals surface area contributed by atoms with Crippen LogP contribution < -0.4 is 10.6 Å². The average molecular weight is 626 g/mol. The van der Waals surface area contributed by atoms with Gasteiger partial charge in [-0.25, -0.2) is 8.78 Å². The smallest absolute Gasteiger partial charge is 0.336 e. The van der Waals surface area contributed by atoms with Gasteiger partial charge in [0.1, 0.15) is 11.6 Å². The zero-order valence-electron chi connectivity index (χ0n) is 22.5. The standard InChI is InChI=1S/C27H32F5N5O2.2ClH/c1-24(4-5-24)23(39)37-15-18(13-21(37)22(38)35-25(16-33)6-7-25)26(28,29)19-3-2-17(12-20(19)27(30,31)32)14-36-10-8-34-9-11-36;;/h2-3,12,18,21,34H,4-11,13-15H2,1H3,(H,35,38);2*1H/t18?,21-;;/m0../s1. The highest BCUT2D eigenvalue weighted by molar-refractivity contribution is 5.92. The molecule has 0 aromatic heterocycles. The number of carbonyl (C=O) groups excluding carboxylic acids is 2. The number of likely N-dealkylation sites (tertiary alicyclic amines) is 1. The van der Waals surface area contributed by atoms with Gasteiger partial charge in [-0.05, 0) is 43.7 Å². The van der Waals surface area contributed by atoms with Crippen molar-refractivity contribution in [3.63, 3.8) is 0 Å². The molecule has 14 heteroatoms. The van der Waals surface area contributed by atoms with Crippen LogP contribution in [0.1, 0.15) is 55.7 Å². The highest BCUT2D eigenvalue weighted by Crippen LogP contribution is 2.51. The van der Waals surface area contributed by atoms with Crippen LogP contribution in [0.3, 0.4) is 0 Å². The van der Waals surface area contributed by atoms with Gasteiger partial charge in [-0.1, -0.05) is 19.1 Å². The van der Waals surface area contributed by atoms with E-state index in [9.17, 15) is 28.0 Å². The first kappa shape index (κ1) is 33.3. The molecule has 2 N–H and O–H groups in total. The van der Waals surface area contributed by atoms with Crippen LogP contribution >= 0.6 is 24.8 Å². The first-order valence-electron chi connectivity index (χ1n) is 13.3. The number of alkyl halides is 5. The van der Waals surface area contributed by atoms with E-state index in [0.29, 0.717) is 51.9 Å². The highest BCUT2D eigenvalue weighted by atomic mass is 35.5. The summed E-state index contributed by atoms with van der Waals surface area (Å²) in [7, 11) is 0. The first-order valence-corrected chi connectivity index (χ1v) is 13.3. The topological polar surface area (TPSA) is 88.5 Å². The summed E-state index contributed by atoms with van der Waals surface area (Å²) in [5, 5.41) is 15.1.